The predicted molar refractivity (Wildman–Crippen MR) is 91.9 cm³/mol. The van der Waals surface area contributed by atoms with Gasteiger partial charge in [-0.1, -0.05) is 60.7 Å². The van der Waals surface area contributed by atoms with Crippen LogP contribution in [0.15, 0.2) is 76.4 Å². The van der Waals surface area contributed by atoms with Gasteiger partial charge in [0.15, 0.2) is 0 Å². The molecule has 0 fully saturated rings. The van der Waals surface area contributed by atoms with E-state index in [4.69, 9.17) is 0 Å². The van der Waals surface area contributed by atoms with Crippen LogP contribution in [-0.2, 0) is 18.4 Å². The summed E-state index contributed by atoms with van der Waals surface area (Å²) >= 11 is 0. The van der Waals surface area contributed by atoms with Gasteiger partial charge in [-0.2, -0.15) is 0 Å². The Morgan fingerprint density at radius 2 is 1.33 bits per heavy atom. The molecular formula is C19H18N2O3. The summed E-state index contributed by atoms with van der Waals surface area (Å²) in [4.78, 5) is 28.2. The molecule has 5 heteroatoms. The Morgan fingerprint density at radius 3 is 1.79 bits per heavy atom. The maximum atomic E-state index is 12.2. The van der Waals surface area contributed by atoms with Crippen LogP contribution in [0.2, 0.25) is 0 Å². The molecule has 5 nitrogen and oxygen atoms in total. The number of aliphatic hydroxyl groups is 1. The lowest BCUT2D eigenvalue weighted by atomic mass is 9.83. The molecule has 0 amide bonds. The van der Waals surface area contributed by atoms with Gasteiger partial charge in [-0.3, -0.25) is 9.78 Å². The van der Waals surface area contributed by atoms with Crippen molar-refractivity contribution in [2.45, 2.75) is 18.4 Å². The van der Waals surface area contributed by atoms with Gasteiger partial charge in [-0.25, -0.2) is 4.79 Å². The first kappa shape index (κ1) is 16.0. The summed E-state index contributed by atoms with van der Waals surface area (Å²) in [5, 5.41) is 11.3. The van der Waals surface area contributed by atoms with Crippen LogP contribution in [0.5, 0.6) is 0 Å². The standard InChI is InChI=1S/C19H18N2O3/c22-17-16(13-20-18(23)21-17)19(24,11-14-7-3-1-4-8-14)12-15-9-5-2-6-10-15/h1-10,13,24H,11-12H2,(H2,20,21,22,23). The van der Waals surface area contributed by atoms with Crippen LogP contribution < -0.4 is 11.2 Å². The topological polar surface area (TPSA) is 85.9 Å². The van der Waals surface area contributed by atoms with E-state index in [-0.39, 0.29) is 18.4 Å². The summed E-state index contributed by atoms with van der Waals surface area (Å²) in [6.07, 6.45) is 1.82. The van der Waals surface area contributed by atoms with Crippen molar-refractivity contribution in [3.63, 3.8) is 0 Å². The maximum absolute atomic E-state index is 12.2. The molecule has 0 saturated carbocycles. The van der Waals surface area contributed by atoms with Crippen molar-refractivity contribution >= 4 is 0 Å². The second-order valence-corrected chi connectivity index (χ2v) is 5.84. The molecule has 24 heavy (non-hydrogen) atoms. The minimum absolute atomic E-state index is 0.148. The van der Waals surface area contributed by atoms with Crippen LogP contribution in [0.3, 0.4) is 0 Å². The highest BCUT2D eigenvalue weighted by Crippen LogP contribution is 2.27. The molecule has 122 valence electrons. The first-order chi connectivity index (χ1) is 11.6. The number of H-pyrrole nitrogens is 2. The van der Waals surface area contributed by atoms with E-state index in [0.29, 0.717) is 0 Å². The third-order valence-electron chi connectivity index (χ3n) is 4.00. The van der Waals surface area contributed by atoms with Crippen molar-refractivity contribution in [1.29, 1.82) is 0 Å². The number of benzene rings is 2. The van der Waals surface area contributed by atoms with Gasteiger partial charge in [0.25, 0.3) is 5.56 Å². The molecule has 3 N–H and O–H groups in total. The zero-order valence-electron chi connectivity index (χ0n) is 13.0. The van der Waals surface area contributed by atoms with Crippen molar-refractivity contribution in [3.05, 3.63) is 104 Å². The van der Waals surface area contributed by atoms with Gasteiger partial charge in [0.1, 0.15) is 5.60 Å². The van der Waals surface area contributed by atoms with Gasteiger partial charge in [-0.05, 0) is 11.1 Å². The second-order valence-electron chi connectivity index (χ2n) is 5.84. The van der Waals surface area contributed by atoms with Gasteiger partial charge < -0.3 is 10.1 Å². The highest BCUT2D eigenvalue weighted by Gasteiger charge is 2.33. The smallest absolute Gasteiger partial charge is 0.325 e. The molecule has 0 unspecified atom stereocenters. The molecule has 0 saturated heterocycles. The Balaban J connectivity index is 2.05. The summed E-state index contributed by atoms with van der Waals surface area (Å²) in [6.45, 7) is 0. The lowest BCUT2D eigenvalue weighted by Crippen LogP contribution is -2.39. The quantitative estimate of drug-likeness (QED) is 0.669. The third-order valence-corrected chi connectivity index (χ3v) is 4.00. The van der Waals surface area contributed by atoms with E-state index in [1.165, 1.54) is 6.20 Å². The van der Waals surface area contributed by atoms with Crippen LogP contribution in [0.1, 0.15) is 16.7 Å². The van der Waals surface area contributed by atoms with Crippen molar-refractivity contribution < 1.29 is 5.11 Å². The Kier molecular flexibility index (Phi) is 4.44. The Bertz CT molecular complexity index is 873. The molecule has 1 aromatic heterocycles. The molecule has 0 atom stereocenters. The predicted octanol–water partition coefficient (Wildman–Crippen LogP) is 1.74. The lowest BCUT2D eigenvalue weighted by Gasteiger charge is -2.28. The number of aromatic amines is 2. The molecule has 3 rings (SSSR count). The van der Waals surface area contributed by atoms with E-state index in [1.807, 2.05) is 60.7 Å². The zero-order chi connectivity index (χ0) is 17.0. The Morgan fingerprint density at radius 1 is 0.833 bits per heavy atom. The SMILES string of the molecule is O=c1[nH]cc(C(O)(Cc2ccccc2)Cc2ccccc2)c(=O)[nH]1. The van der Waals surface area contributed by atoms with Crippen molar-refractivity contribution in [3.8, 4) is 0 Å². The summed E-state index contributed by atoms with van der Waals surface area (Å²) in [6, 6.07) is 18.9. The van der Waals surface area contributed by atoms with E-state index in [0.717, 1.165) is 11.1 Å². The first-order valence-electron chi connectivity index (χ1n) is 7.69. The van der Waals surface area contributed by atoms with Gasteiger partial charge >= 0.3 is 5.69 Å². The van der Waals surface area contributed by atoms with E-state index in [2.05, 4.69) is 9.97 Å². The number of rotatable bonds is 5. The molecule has 0 spiro atoms. The summed E-state index contributed by atoms with van der Waals surface area (Å²) < 4.78 is 0. The fraction of sp³-hybridized carbons (Fsp3) is 0.158. The first-order valence-corrected chi connectivity index (χ1v) is 7.69. The number of hydrogen-bond acceptors (Lipinski definition) is 3. The highest BCUT2D eigenvalue weighted by atomic mass is 16.3. The fourth-order valence-corrected chi connectivity index (χ4v) is 2.88. The number of hydrogen-bond donors (Lipinski definition) is 3. The molecular weight excluding hydrogens is 304 g/mol. The average Bonchev–Trinajstić information content (AvgIpc) is 2.56. The van der Waals surface area contributed by atoms with Crippen LogP contribution in [0.25, 0.3) is 0 Å². The Labute approximate surface area is 138 Å². The van der Waals surface area contributed by atoms with E-state index in [1.54, 1.807) is 0 Å². The molecule has 0 radical (unpaired) electrons. The minimum atomic E-state index is -1.43. The molecule has 0 aliphatic carbocycles. The highest BCUT2D eigenvalue weighted by molar-refractivity contribution is 5.27. The molecule has 0 aliphatic rings. The van der Waals surface area contributed by atoms with E-state index < -0.39 is 16.9 Å². The summed E-state index contributed by atoms with van der Waals surface area (Å²) in [5.41, 5.74) is -0.642. The van der Waals surface area contributed by atoms with Gasteiger partial charge in [0, 0.05) is 19.0 Å². The van der Waals surface area contributed by atoms with Gasteiger partial charge in [0.2, 0.25) is 0 Å². The van der Waals surface area contributed by atoms with Crippen molar-refractivity contribution in [2.24, 2.45) is 0 Å². The maximum Gasteiger partial charge on any atom is 0.325 e. The summed E-state index contributed by atoms with van der Waals surface area (Å²) in [5.74, 6) is 0. The van der Waals surface area contributed by atoms with Crippen LogP contribution in [0.4, 0.5) is 0 Å². The summed E-state index contributed by atoms with van der Waals surface area (Å²) in [7, 11) is 0. The third kappa shape index (κ3) is 3.52. The van der Waals surface area contributed by atoms with Crippen molar-refractivity contribution in [2.75, 3.05) is 0 Å². The fourth-order valence-electron chi connectivity index (χ4n) is 2.88. The molecule has 0 bridgehead atoms. The number of nitrogens with one attached hydrogen (secondary N) is 2. The van der Waals surface area contributed by atoms with Crippen LogP contribution in [0, 0.1) is 0 Å². The van der Waals surface area contributed by atoms with Gasteiger partial charge in [0.05, 0.1) is 5.56 Å². The zero-order valence-corrected chi connectivity index (χ0v) is 13.0. The van der Waals surface area contributed by atoms with Crippen molar-refractivity contribution in [1.82, 2.24) is 9.97 Å². The average molecular weight is 322 g/mol. The monoisotopic (exact) mass is 322 g/mol. The minimum Gasteiger partial charge on any atom is -0.384 e. The van der Waals surface area contributed by atoms with Crippen LogP contribution in [-0.4, -0.2) is 15.1 Å². The Hall–Kier alpha value is -2.92. The normalized spacial score (nSPS) is 11.4. The molecule has 1 heterocycles. The molecule has 3 aromatic rings. The molecule has 2 aromatic carbocycles. The molecule has 0 aliphatic heterocycles. The largest absolute Gasteiger partial charge is 0.384 e. The van der Waals surface area contributed by atoms with Gasteiger partial charge in [-0.15, -0.1) is 0 Å². The number of aromatic nitrogens is 2. The lowest BCUT2D eigenvalue weighted by molar-refractivity contribution is 0.0352. The van der Waals surface area contributed by atoms with Crippen LogP contribution >= 0.6 is 0 Å². The van der Waals surface area contributed by atoms with E-state index in [9.17, 15) is 14.7 Å². The van der Waals surface area contributed by atoms with E-state index >= 15 is 0 Å². The second kappa shape index (κ2) is 6.68.